The van der Waals surface area contributed by atoms with Gasteiger partial charge in [-0.3, -0.25) is 24.0 Å². The van der Waals surface area contributed by atoms with E-state index < -0.39 is 72.6 Å². The van der Waals surface area contributed by atoms with Crippen LogP contribution in [0.4, 0.5) is 0 Å². The standard InChI is InChI=1S/C20H36N6O8/c1-10(2)7-13(25-17(30)11(22)8-15(23)27)19(32)24-12(5-3-4-6-21)18(31)26-14(20(33)34)9-16(28)29/h10-14H,3-9,21-22H2,1-2H3,(H2,23,27)(H,24,32)(H,25,30)(H,26,31)(H,28,29)(H,33,34). The summed E-state index contributed by atoms with van der Waals surface area (Å²) in [4.78, 5) is 71.1. The number of carbonyl (C=O) groups is 6. The van der Waals surface area contributed by atoms with Crippen molar-refractivity contribution in [3.8, 4) is 0 Å². The van der Waals surface area contributed by atoms with E-state index in [1.807, 2.05) is 0 Å². The normalized spacial score (nSPS) is 14.4. The van der Waals surface area contributed by atoms with Crippen LogP contribution in [-0.4, -0.2) is 76.5 Å². The fraction of sp³-hybridized carbons (Fsp3) is 0.700. The zero-order valence-electron chi connectivity index (χ0n) is 19.4. The highest BCUT2D eigenvalue weighted by molar-refractivity contribution is 5.95. The van der Waals surface area contributed by atoms with E-state index in [2.05, 4.69) is 16.0 Å². The quantitative estimate of drug-likeness (QED) is 0.0988. The lowest BCUT2D eigenvalue weighted by molar-refractivity contribution is -0.147. The van der Waals surface area contributed by atoms with Gasteiger partial charge in [0, 0.05) is 0 Å². The van der Waals surface area contributed by atoms with Gasteiger partial charge in [0.05, 0.1) is 18.9 Å². The first-order chi connectivity index (χ1) is 15.8. The van der Waals surface area contributed by atoms with E-state index in [0.717, 1.165) is 0 Å². The van der Waals surface area contributed by atoms with Gasteiger partial charge in [0.1, 0.15) is 18.1 Å². The molecule has 194 valence electrons. The summed E-state index contributed by atoms with van der Waals surface area (Å²) in [5.41, 5.74) is 16.1. The van der Waals surface area contributed by atoms with E-state index in [0.29, 0.717) is 19.4 Å². The third-order valence-corrected chi connectivity index (χ3v) is 4.67. The van der Waals surface area contributed by atoms with Gasteiger partial charge in [-0.05, 0) is 38.1 Å². The number of amides is 4. The number of aliphatic carboxylic acids is 2. The van der Waals surface area contributed by atoms with Crippen molar-refractivity contribution < 1.29 is 39.0 Å². The number of unbranched alkanes of at least 4 members (excludes halogenated alkanes) is 1. The van der Waals surface area contributed by atoms with Crippen LogP contribution in [0.25, 0.3) is 0 Å². The molecule has 34 heavy (non-hydrogen) atoms. The minimum atomic E-state index is -1.70. The molecule has 0 heterocycles. The molecule has 0 radical (unpaired) electrons. The number of primary amides is 1. The molecular formula is C20H36N6O8. The van der Waals surface area contributed by atoms with Crippen molar-refractivity contribution in [2.45, 2.75) is 76.5 Å². The molecule has 0 aromatic carbocycles. The van der Waals surface area contributed by atoms with E-state index in [1.165, 1.54) is 0 Å². The lowest BCUT2D eigenvalue weighted by atomic mass is 10.0. The van der Waals surface area contributed by atoms with E-state index in [-0.39, 0.29) is 18.8 Å². The Morgan fingerprint density at radius 3 is 1.79 bits per heavy atom. The molecule has 0 aliphatic carbocycles. The molecule has 14 heteroatoms. The van der Waals surface area contributed by atoms with Crippen molar-refractivity contribution in [3.63, 3.8) is 0 Å². The Kier molecular flexibility index (Phi) is 14.1. The fourth-order valence-electron chi connectivity index (χ4n) is 2.97. The zero-order valence-corrected chi connectivity index (χ0v) is 19.4. The number of hydrogen-bond acceptors (Lipinski definition) is 8. The first-order valence-electron chi connectivity index (χ1n) is 10.9. The first-order valence-corrected chi connectivity index (χ1v) is 10.9. The Bertz CT molecular complexity index is 745. The molecule has 4 atom stereocenters. The maximum atomic E-state index is 12.9. The molecule has 0 spiro atoms. The van der Waals surface area contributed by atoms with Crippen LogP contribution in [0.1, 0.15) is 52.4 Å². The molecule has 0 fully saturated rings. The molecular weight excluding hydrogens is 452 g/mol. The molecule has 4 unspecified atom stereocenters. The van der Waals surface area contributed by atoms with E-state index in [4.69, 9.17) is 22.3 Å². The van der Waals surface area contributed by atoms with E-state index in [1.54, 1.807) is 13.8 Å². The Labute approximate surface area is 197 Å². The summed E-state index contributed by atoms with van der Waals surface area (Å²) in [6, 6.07) is -5.28. The molecule has 0 aliphatic rings. The Morgan fingerprint density at radius 1 is 0.794 bits per heavy atom. The van der Waals surface area contributed by atoms with Crippen molar-refractivity contribution in [1.82, 2.24) is 16.0 Å². The topological polar surface area (TPSA) is 257 Å². The average Bonchev–Trinajstić information content (AvgIpc) is 2.70. The highest BCUT2D eigenvalue weighted by Crippen LogP contribution is 2.08. The summed E-state index contributed by atoms with van der Waals surface area (Å²) in [6.45, 7) is 3.91. The van der Waals surface area contributed by atoms with Gasteiger partial charge >= 0.3 is 11.9 Å². The fourth-order valence-corrected chi connectivity index (χ4v) is 2.97. The lowest BCUT2D eigenvalue weighted by Gasteiger charge is -2.26. The largest absolute Gasteiger partial charge is 0.481 e. The van der Waals surface area contributed by atoms with Gasteiger partial charge < -0.3 is 43.4 Å². The summed E-state index contributed by atoms with van der Waals surface area (Å²) in [6.07, 6.45) is -0.0750. The summed E-state index contributed by atoms with van der Waals surface area (Å²) in [5, 5.41) is 25.1. The van der Waals surface area contributed by atoms with Gasteiger partial charge in [0.25, 0.3) is 0 Å². The summed E-state index contributed by atoms with van der Waals surface area (Å²) < 4.78 is 0. The van der Waals surface area contributed by atoms with E-state index >= 15 is 0 Å². The molecule has 0 aliphatic heterocycles. The Balaban J connectivity index is 5.54. The molecule has 0 bridgehead atoms. The van der Waals surface area contributed by atoms with Gasteiger partial charge in [-0.25, -0.2) is 4.79 Å². The monoisotopic (exact) mass is 488 g/mol. The number of nitrogens with one attached hydrogen (secondary N) is 3. The second-order valence-electron chi connectivity index (χ2n) is 8.31. The number of hydrogen-bond donors (Lipinski definition) is 8. The summed E-state index contributed by atoms with van der Waals surface area (Å²) in [5.74, 6) is -6.22. The van der Waals surface area contributed by atoms with Crippen LogP contribution in [0.3, 0.4) is 0 Å². The second-order valence-corrected chi connectivity index (χ2v) is 8.31. The molecule has 0 rings (SSSR count). The molecule has 11 N–H and O–H groups in total. The average molecular weight is 489 g/mol. The molecule has 0 saturated heterocycles. The second kappa shape index (κ2) is 15.6. The van der Waals surface area contributed by atoms with Crippen molar-refractivity contribution in [2.75, 3.05) is 6.54 Å². The third-order valence-electron chi connectivity index (χ3n) is 4.67. The van der Waals surface area contributed by atoms with Gasteiger partial charge in [-0.1, -0.05) is 13.8 Å². The van der Waals surface area contributed by atoms with Gasteiger partial charge in [0.15, 0.2) is 0 Å². The molecule has 4 amide bonds. The zero-order chi connectivity index (χ0) is 26.4. The first kappa shape index (κ1) is 30.7. The number of carboxylic acids is 2. The minimum Gasteiger partial charge on any atom is -0.481 e. The summed E-state index contributed by atoms with van der Waals surface area (Å²) >= 11 is 0. The van der Waals surface area contributed by atoms with Crippen molar-refractivity contribution >= 4 is 35.6 Å². The molecule has 0 aromatic rings. The SMILES string of the molecule is CC(C)CC(NC(=O)C(N)CC(N)=O)C(=O)NC(CCCCN)C(=O)NC(CC(=O)O)C(=O)O. The molecule has 0 saturated carbocycles. The maximum Gasteiger partial charge on any atom is 0.326 e. The Hall–Kier alpha value is -3.26. The highest BCUT2D eigenvalue weighted by Gasteiger charge is 2.31. The predicted octanol–water partition coefficient (Wildman–Crippen LogP) is -2.62. The molecule has 14 nitrogen and oxygen atoms in total. The van der Waals surface area contributed by atoms with Crippen LogP contribution in [-0.2, 0) is 28.8 Å². The number of carbonyl (C=O) groups excluding carboxylic acids is 4. The highest BCUT2D eigenvalue weighted by atomic mass is 16.4. The van der Waals surface area contributed by atoms with Crippen LogP contribution >= 0.6 is 0 Å². The lowest BCUT2D eigenvalue weighted by Crippen LogP contribution is -2.57. The van der Waals surface area contributed by atoms with Crippen LogP contribution in [0, 0.1) is 5.92 Å². The number of nitrogens with two attached hydrogens (primary N) is 3. The number of rotatable bonds is 17. The predicted molar refractivity (Wildman–Crippen MR) is 120 cm³/mol. The van der Waals surface area contributed by atoms with E-state index in [9.17, 15) is 33.9 Å². The van der Waals surface area contributed by atoms with Gasteiger partial charge in [-0.15, -0.1) is 0 Å². The van der Waals surface area contributed by atoms with Gasteiger partial charge in [0.2, 0.25) is 23.6 Å². The summed E-state index contributed by atoms with van der Waals surface area (Å²) in [7, 11) is 0. The van der Waals surface area contributed by atoms with Crippen molar-refractivity contribution in [3.05, 3.63) is 0 Å². The number of carboxylic acid groups (broad SMARTS) is 2. The van der Waals surface area contributed by atoms with Crippen LogP contribution < -0.4 is 33.2 Å². The van der Waals surface area contributed by atoms with Crippen molar-refractivity contribution in [2.24, 2.45) is 23.1 Å². The molecule has 0 aromatic heterocycles. The van der Waals surface area contributed by atoms with Crippen LogP contribution in [0.5, 0.6) is 0 Å². The van der Waals surface area contributed by atoms with Crippen molar-refractivity contribution in [1.29, 1.82) is 0 Å². The smallest absolute Gasteiger partial charge is 0.326 e. The Morgan fingerprint density at radius 2 is 1.32 bits per heavy atom. The van der Waals surface area contributed by atoms with Gasteiger partial charge in [-0.2, -0.15) is 0 Å². The minimum absolute atomic E-state index is 0.0557. The maximum absolute atomic E-state index is 12.9. The van der Waals surface area contributed by atoms with Crippen LogP contribution in [0.15, 0.2) is 0 Å². The van der Waals surface area contributed by atoms with Crippen LogP contribution in [0.2, 0.25) is 0 Å². The third kappa shape index (κ3) is 12.7.